The van der Waals surface area contributed by atoms with E-state index in [1.807, 2.05) is 30.3 Å². The third kappa shape index (κ3) is 2.72. The number of carbonyl (C=O) groups excluding carboxylic acids is 4. The average Bonchev–Trinajstić information content (AvgIpc) is 3.29. The van der Waals surface area contributed by atoms with Gasteiger partial charge in [-0.25, -0.2) is 0 Å². The summed E-state index contributed by atoms with van der Waals surface area (Å²) >= 11 is 0. The zero-order chi connectivity index (χ0) is 20.1. The minimum absolute atomic E-state index is 0.139. The molecule has 2 fully saturated rings. The zero-order valence-electron chi connectivity index (χ0n) is 15.4. The molecule has 0 radical (unpaired) electrons. The molecule has 2 amide bonds. The van der Waals surface area contributed by atoms with Crippen molar-refractivity contribution in [2.24, 2.45) is 11.8 Å². The smallest absolute Gasteiger partial charge is 0.305 e. The summed E-state index contributed by atoms with van der Waals surface area (Å²) in [6.45, 7) is 2.47. The molecule has 0 saturated carbocycles. The number of hydrogen-bond acceptors (Lipinski definition) is 7. The molecule has 4 atom stereocenters. The van der Waals surface area contributed by atoms with Gasteiger partial charge in [0.2, 0.25) is 11.8 Å². The lowest BCUT2D eigenvalue weighted by Gasteiger charge is -2.34. The number of hydrogen-bond donors (Lipinski definition) is 0. The molecule has 1 aromatic carbocycles. The van der Waals surface area contributed by atoms with Crippen LogP contribution in [-0.4, -0.2) is 46.6 Å². The second-order valence-corrected chi connectivity index (χ2v) is 7.10. The van der Waals surface area contributed by atoms with Crippen molar-refractivity contribution in [1.82, 2.24) is 4.90 Å². The van der Waals surface area contributed by atoms with Gasteiger partial charge < -0.3 is 14.2 Å². The summed E-state index contributed by atoms with van der Waals surface area (Å²) in [5.41, 5.74) is -0.693. The van der Waals surface area contributed by atoms with Crippen molar-refractivity contribution in [3.8, 4) is 0 Å². The number of ether oxygens (including phenoxy) is 3. The summed E-state index contributed by atoms with van der Waals surface area (Å²) < 4.78 is 16.2. The summed E-state index contributed by atoms with van der Waals surface area (Å²) in [6, 6.07) is 9.16. The van der Waals surface area contributed by atoms with Crippen LogP contribution in [0.1, 0.15) is 19.4 Å². The van der Waals surface area contributed by atoms with Gasteiger partial charge in [-0.05, 0) is 11.6 Å². The van der Waals surface area contributed by atoms with Gasteiger partial charge in [0.1, 0.15) is 0 Å². The first-order chi connectivity index (χ1) is 13.3. The fraction of sp³-hybridized carbons (Fsp3) is 0.400. The molecule has 3 heterocycles. The summed E-state index contributed by atoms with van der Waals surface area (Å²) in [7, 11) is 0. The highest BCUT2D eigenvalue weighted by molar-refractivity contribution is 6.07. The van der Waals surface area contributed by atoms with Crippen molar-refractivity contribution in [3.05, 3.63) is 48.0 Å². The van der Waals surface area contributed by atoms with Gasteiger partial charge in [0.15, 0.2) is 5.60 Å². The van der Waals surface area contributed by atoms with E-state index in [4.69, 9.17) is 14.2 Å². The Labute approximate surface area is 161 Å². The molecular formula is C20H19NO7. The predicted octanol–water partition coefficient (Wildman–Crippen LogP) is 0.947. The van der Waals surface area contributed by atoms with E-state index in [0.29, 0.717) is 0 Å². The summed E-state index contributed by atoms with van der Waals surface area (Å²) in [5.74, 6) is -3.84. The molecule has 8 heteroatoms. The van der Waals surface area contributed by atoms with E-state index in [9.17, 15) is 19.2 Å². The van der Waals surface area contributed by atoms with Crippen LogP contribution in [0.4, 0.5) is 0 Å². The van der Waals surface area contributed by atoms with Crippen LogP contribution in [0.15, 0.2) is 42.5 Å². The lowest BCUT2D eigenvalue weighted by molar-refractivity contribution is -0.227. The SMILES string of the molecule is CC(=O)OC(OC(C)=O)[C@]12C=C[C@@H](O1)[C@H]1C(=O)N(Cc3ccccc3)C(=O)[C@@H]12. The van der Waals surface area contributed by atoms with Gasteiger partial charge in [0, 0.05) is 13.8 Å². The maximum absolute atomic E-state index is 13.2. The van der Waals surface area contributed by atoms with Crippen LogP contribution < -0.4 is 0 Å². The van der Waals surface area contributed by atoms with Crippen LogP contribution >= 0.6 is 0 Å². The van der Waals surface area contributed by atoms with E-state index < -0.39 is 47.7 Å². The summed E-state index contributed by atoms with van der Waals surface area (Å²) in [5, 5.41) is 0. The summed E-state index contributed by atoms with van der Waals surface area (Å²) in [6.07, 6.45) is 1.12. The van der Waals surface area contributed by atoms with Crippen LogP contribution in [0, 0.1) is 11.8 Å². The Kier molecular flexibility index (Phi) is 4.30. The molecule has 3 aliphatic rings. The number of carbonyl (C=O) groups is 4. The fourth-order valence-electron chi connectivity index (χ4n) is 4.20. The Bertz CT molecular complexity index is 864. The molecule has 8 nitrogen and oxygen atoms in total. The van der Waals surface area contributed by atoms with Crippen LogP contribution in [-0.2, 0) is 39.9 Å². The number of esters is 2. The molecule has 28 heavy (non-hydrogen) atoms. The molecule has 0 aliphatic carbocycles. The van der Waals surface area contributed by atoms with Gasteiger partial charge in [-0.2, -0.15) is 0 Å². The van der Waals surface area contributed by atoms with E-state index in [-0.39, 0.29) is 12.5 Å². The lowest BCUT2D eigenvalue weighted by Crippen LogP contribution is -2.52. The highest BCUT2D eigenvalue weighted by atomic mass is 16.7. The predicted molar refractivity (Wildman–Crippen MR) is 93.0 cm³/mol. The number of rotatable bonds is 5. The minimum Gasteiger partial charge on any atom is -0.422 e. The van der Waals surface area contributed by atoms with E-state index in [0.717, 1.165) is 5.56 Å². The van der Waals surface area contributed by atoms with Crippen molar-refractivity contribution in [1.29, 1.82) is 0 Å². The third-order valence-electron chi connectivity index (χ3n) is 5.27. The first-order valence-corrected chi connectivity index (χ1v) is 8.94. The number of fused-ring (bicyclic) bond motifs is 5. The number of benzene rings is 1. The van der Waals surface area contributed by atoms with Gasteiger partial charge >= 0.3 is 11.9 Å². The van der Waals surface area contributed by atoms with Gasteiger partial charge in [0.05, 0.1) is 24.5 Å². The molecule has 146 valence electrons. The molecule has 0 N–H and O–H groups in total. The Hall–Kier alpha value is -3.00. The second kappa shape index (κ2) is 6.56. The Morgan fingerprint density at radius 2 is 1.75 bits per heavy atom. The standard InChI is InChI=1S/C20H19NO7/c1-11(22)26-19(27-12(2)23)20-9-8-14(28-20)15-16(20)18(25)21(17(15)24)10-13-6-4-3-5-7-13/h3-9,14-16,19H,10H2,1-2H3/t14-,15-,16-,20-/m1/s1. The second-order valence-electron chi connectivity index (χ2n) is 7.10. The number of likely N-dealkylation sites (tertiary alicyclic amines) is 1. The number of imide groups is 1. The van der Waals surface area contributed by atoms with Crippen LogP contribution in [0.2, 0.25) is 0 Å². The molecule has 2 saturated heterocycles. The molecule has 4 rings (SSSR count). The maximum atomic E-state index is 13.2. The van der Waals surface area contributed by atoms with Crippen molar-refractivity contribution in [2.75, 3.05) is 0 Å². The van der Waals surface area contributed by atoms with Crippen molar-refractivity contribution >= 4 is 23.8 Å². The molecule has 3 aliphatic heterocycles. The average molecular weight is 385 g/mol. The topological polar surface area (TPSA) is 99.2 Å². The zero-order valence-corrected chi connectivity index (χ0v) is 15.4. The largest absolute Gasteiger partial charge is 0.422 e. The van der Waals surface area contributed by atoms with Crippen LogP contribution in [0.25, 0.3) is 0 Å². The Morgan fingerprint density at radius 1 is 1.11 bits per heavy atom. The molecule has 0 aromatic heterocycles. The number of nitrogens with zero attached hydrogens (tertiary/aromatic N) is 1. The minimum atomic E-state index is -1.51. The van der Waals surface area contributed by atoms with Crippen LogP contribution in [0.3, 0.4) is 0 Å². The van der Waals surface area contributed by atoms with E-state index in [2.05, 4.69) is 0 Å². The highest BCUT2D eigenvalue weighted by Crippen LogP contribution is 2.54. The quantitative estimate of drug-likeness (QED) is 0.322. The fourth-order valence-corrected chi connectivity index (χ4v) is 4.20. The molecule has 0 spiro atoms. The third-order valence-corrected chi connectivity index (χ3v) is 5.27. The van der Waals surface area contributed by atoms with E-state index in [1.54, 1.807) is 12.2 Å². The van der Waals surface area contributed by atoms with Gasteiger partial charge in [-0.3, -0.25) is 24.1 Å². The Balaban J connectivity index is 1.67. The molecular weight excluding hydrogens is 366 g/mol. The first kappa shape index (κ1) is 18.4. The van der Waals surface area contributed by atoms with Gasteiger partial charge in [-0.15, -0.1) is 0 Å². The molecule has 1 aromatic rings. The van der Waals surface area contributed by atoms with E-state index >= 15 is 0 Å². The van der Waals surface area contributed by atoms with Crippen molar-refractivity contribution in [3.63, 3.8) is 0 Å². The first-order valence-electron chi connectivity index (χ1n) is 8.94. The van der Waals surface area contributed by atoms with Crippen molar-refractivity contribution in [2.45, 2.75) is 38.4 Å². The highest BCUT2D eigenvalue weighted by Gasteiger charge is 2.71. The Morgan fingerprint density at radius 3 is 2.36 bits per heavy atom. The lowest BCUT2D eigenvalue weighted by atomic mass is 9.76. The molecule has 2 bridgehead atoms. The van der Waals surface area contributed by atoms with Crippen molar-refractivity contribution < 1.29 is 33.4 Å². The maximum Gasteiger partial charge on any atom is 0.305 e. The summed E-state index contributed by atoms with van der Waals surface area (Å²) in [4.78, 5) is 50.5. The monoisotopic (exact) mass is 385 g/mol. The molecule has 0 unspecified atom stereocenters. The van der Waals surface area contributed by atoms with E-state index in [1.165, 1.54) is 18.7 Å². The van der Waals surface area contributed by atoms with Gasteiger partial charge in [0.25, 0.3) is 6.29 Å². The number of amides is 2. The van der Waals surface area contributed by atoms with Crippen LogP contribution in [0.5, 0.6) is 0 Å². The normalized spacial score (nSPS) is 30.1. The van der Waals surface area contributed by atoms with Gasteiger partial charge in [-0.1, -0.05) is 36.4 Å².